The highest BCUT2D eigenvalue weighted by Crippen LogP contribution is 2.34. The van der Waals surface area contributed by atoms with Gasteiger partial charge in [-0.25, -0.2) is 16.8 Å². The molecule has 0 aliphatic carbocycles. The fourth-order valence-electron chi connectivity index (χ4n) is 3.33. The molecule has 1 aliphatic rings. The Morgan fingerprint density at radius 2 is 1.71 bits per heavy atom. The minimum Gasteiger partial charge on any atom is -0.322 e. The number of rotatable bonds is 5. The highest BCUT2D eigenvalue weighted by atomic mass is 32.2. The molecule has 150 valence electrons. The van der Waals surface area contributed by atoms with E-state index in [1.807, 2.05) is 6.92 Å². The van der Waals surface area contributed by atoms with Crippen LogP contribution in [0.15, 0.2) is 42.5 Å². The first-order chi connectivity index (χ1) is 12.9. The lowest BCUT2D eigenvalue weighted by molar-refractivity contribution is 0.102. The predicted octanol–water partition coefficient (Wildman–Crippen LogP) is 2.02. The Labute approximate surface area is 164 Å². The number of hydrogen-bond donors (Lipinski definition) is 2. The summed E-state index contributed by atoms with van der Waals surface area (Å²) in [5, 5.41) is 2.72. The van der Waals surface area contributed by atoms with Crippen LogP contribution < -0.4 is 14.3 Å². The van der Waals surface area contributed by atoms with Gasteiger partial charge < -0.3 is 5.32 Å². The van der Waals surface area contributed by atoms with Gasteiger partial charge in [-0.15, -0.1) is 0 Å². The second-order valence-corrected chi connectivity index (χ2v) is 10.5. The van der Waals surface area contributed by atoms with E-state index in [1.54, 1.807) is 36.4 Å². The van der Waals surface area contributed by atoms with Crippen LogP contribution in [0.5, 0.6) is 0 Å². The molecule has 3 rings (SSSR count). The average molecular weight is 424 g/mol. The van der Waals surface area contributed by atoms with E-state index in [-0.39, 0.29) is 11.9 Å². The molecule has 1 aliphatic heterocycles. The monoisotopic (exact) mass is 423 g/mol. The van der Waals surface area contributed by atoms with Crippen LogP contribution in [0.2, 0.25) is 0 Å². The van der Waals surface area contributed by atoms with E-state index in [9.17, 15) is 21.6 Å². The van der Waals surface area contributed by atoms with Crippen LogP contribution in [-0.2, 0) is 26.5 Å². The molecule has 1 heterocycles. The molecule has 0 bridgehead atoms. The van der Waals surface area contributed by atoms with Crippen molar-refractivity contribution in [3.05, 3.63) is 53.6 Å². The van der Waals surface area contributed by atoms with Crippen LogP contribution in [-0.4, -0.2) is 41.3 Å². The number of fused-ring (bicyclic) bond motifs is 1. The van der Waals surface area contributed by atoms with Crippen molar-refractivity contribution in [2.75, 3.05) is 26.9 Å². The summed E-state index contributed by atoms with van der Waals surface area (Å²) in [6, 6.07) is 11.0. The van der Waals surface area contributed by atoms with Crippen LogP contribution in [0, 0.1) is 0 Å². The van der Waals surface area contributed by atoms with Gasteiger partial charge in [-0.1, -0.05) is 6.07 Å². The summed E-state index contributed by atoms with van der Waals surface area (Å²) in [5.74, 6) is -0.371. The van der Waals surface area contributed by atoms with Gasteiger partial charge in [0.05, 0.1) is 23.9 Å². The zero-order valence-corrected chi connectivity index (χ0v) is 17.3. The van der Waals surface area contributed by atoms with Crippen molar-refractivity contribution < 1.29 is 21.6 Å². The Kier molecular flexibility index (Phi) is 5.11. The van der Waals surface area contributed by atoms with Crippen LogP contribution in [0.25, 0.3) is 0 Å². The Balaban J connectivity index is 1.82. The van der Waals surface area contributed by atoms with E-state index >= 15 is 0 Å². The summed E-state index contributed by atoms with van der Waals surface area (Å²) in [5.41, 5.74) is 2.55. The molecule has 2 aromatic carbocycles. The van der Waals surface area contributed by atoms with E-state index in [2.05, 4.69) is 10.0 Å². The summed E-state index contributed by atoms with van der Waals surface area (Å²) >= 11 is 0. The quantitative estimate of drug-likeness (QED) is 0.764. The van der Waals surface area contributed by atoms with Crippen LogP contribution >= 0.6 is 0 Å². The molecule has 8 nitrogen and oxygen atoms in total. The van der Waals surface area contributed by atoms with Gasteiger partial charge in [-0.2, -0.15) is 0 Å². The second-order valence-electron chi connectivity index (χ2n) is 6.86. The highest BCUT2D eigenvalue weighted by Gasteiger charge is 2.32. The third kappa shape index (κ3) is 4.45. The minimum atomic E-state index is -3.42. The number of amides is 1. The average Bonchev–Trinajstić information content (AvgIpc) is 2.88. The summed E-state index contributed by atoms with van der Waals surface area (Å²) in [7, 11) is -6.81. The molecule has 0 spiro atoms. The fourth-order valence-corrected chi connectivity index (χ4v) is 5.15. The van der Waals surface area contributed by atoms with Crippen LogP contribution in [0.4, 0.5) is 17.1 Å². The summed E-state index contributed by atoms with van der Waals surface area (Å²) in [4.78, 5) is 12.6. The molecule has 0 fully saturated rings. The normalized spacial score (nSPS) is 16.5. The second kappa shape index (κ2) is 7.10. The van der Waals surface area contributed by atoms with E-state index in [0.29, 0.717) is 29.0 Å². The first kappa shape index (κ1) is 20.2. The molecule has 10 heteroatoms. The largest absolute Gasteiger partial charge is 0.322 e. The standard InChI is InChI=1S/C18H21N3O5S2/c1-12-9-14-10-13(7-8-17(14)21(12)28(3,25)26)18(22)19-15-5-4-6-16(11-15)20-27(2,23)24/h4-8,10-12,20H,9H2,1-3H3,(H,19,22). The third-order valence-corrected chi connectivity index (χ3v) is 6.15. The number of sulfonamides is 2. The van der Waals surface area contributed by atoms with Crippen molar-refractivity contribution in [2.24, 2.45) is 0 Å². The molecule has 1 unspecified atom stereocenters. The lowest BCUT2D eigenvalue weighted by Gasteiger charge is -2.21. The molecule has 0 aromatic heterocycles. The lowest BCUT2D eigenvalue weighted by atomic mass is 10.1. The molecular weight excluding hydrogens is 402 g/mol. The minimum absolute atomic E-state index is 0.206. The molecule has 28 heavy (non-hydrogen) atoms. The van der Waals surface area contributed by atoms with Crippen LogP contribution in [0.3, 0.4) is 0 Å². The maximum absolute atomic E-state index is 12.6. The fraction of sp³-hybridized carbons (Fsp3) is 0.278. The van der Waals surface area contributed by atoms with Gasteiger partial charge in [0.15, 0.2) is 0 Å². The van der Waals surface area contributed by atoms with E-state index in [4.69, 9.17) is 0 Å². The lowest BCUT2D eigenvalue weighted by Crippen LogP contribution is -2.34. The van der Waals surface area contributed by atoms with E-state index in [1.165, 1.54) is 10.4 Å². The number of carbonyl (C=O) groups is 1. The van der Waals surface area contributed by atoms with Gasteiger partial charge in [0.25, 0.3) is 5.91 Å². The van der Waals surface area contributed by atoms with Gasteiger partial charge in [0.1, 0.15) is 0 Å². The highest BCUT2D eigenvalue weighted by molar-refractivity contribution is 7.92. The van der Waals surface area contributed by atoms with Gasteiger partial charge in [0, 0.05) is 17.3 Å². The maximum Gasteiger partial charge on any atom is 0.255 e. The third-order valence-electron chi connectivity index (χ3n) is 4.28. The maximum atomic E-state index is 12.6. The Morgan fingerprint density at radius 3 is 2.36 bits per heavy atom. The molecule has 1 amide bonds. The van der Waals surface area contributed by atoms with Gasteiger partial charge >= 0.3 is 0 Å². The summed E-state index contributed by atoms with van der Waals surface area (Å²) in [6.45, 7) is 1.82. The first-order valence-electron chi connectivity index (χ1n) is 8.45. The van der Waals surface area contributed by atoms with Crippen molar-refractivity contribution in [3.8, 4) is 0 Å². The summed E-state index contributed by atoms with van der Waals surface area (Å²) < 4.78 is 50.4. The Morgan fingerprint density at radius 1 is 1.04 bits per heavy atom. The number of nitrogens with one attached hydrogen (secondary N) is 2. The molecular formula is C18H21N3O5S2. The SMILES string of the molecule is CC1Cc2cc(C(=O)Nc3cccc(NS(C)(=O)=O)c3)ccc2N1S(C)(=O)=O. The van der Waals surface area contributed by atoms with Crippen molar-refractivity contribution in [1.82, 2.24) is 0 Å². The number of carbonyl (C=O) groups excluding carboxylic acids is 1. The predicted molar refractivity (Wildman–Crippen MR) is 110 cm³/mol. The Hall–Kier alpha value is -2.59. The van der Waals surface area contributed by atoms with Crippen molar-refractivity contribution >= 4 is 43.0 Å². The molecule has 1 atom stereocenters. The molecule has 0 radical (unpaired) electrons. The van der Waals surface area contributed by atoms with Crippen molar-refractivity contribution in [1.29, 1.82) is 0 Å². The molecule has 0 saturated carbocycles. The molecule has 2 aromatic rings. The van der Waals surface area contributed by atoms with Crippen molar-refractivity contribution in [3.63, 3.8) is 0 Å². The van der Waals surface area contributed by atoms with E-state index < -0.39 is 20.0 Å². The number of benzene rings is 2. The van der Waals surface area contributed by atoms with Crippen LogP contribution in [0.1, 0.15) is 22.8 Å². The number of hydrogen-bond acceptors (Lipinski definition) is 5. The topological polar surface area (TPSA) is 113 Å². The van der Waals surface area contributed by atoms with Crippen molar-refractivity contribution in [2.45, 2.75) is 19.4 Å². The number of nitrogens with zero attached hydrogens (tertiary/aromatic N) is 1. The number of anilines is 3. The zero-order valence-electron chi connectivity index (χ0n) is 15.6. The van der Waals surface area contributed by atoms with Gasteiger partial charge in [0.2, 0.25) is 20.0 Å². The zero-order chi connectivity index (χ0) is 20.7. The molecule has 0 saturated heterocycles. The molecule has 2 N–H and O–H groups in total. The Bertz CT molecular complexity index is 1140. The van der Waals surface area contributed by atoms with Gasteiger partial charge in [-0.05, 0) is 55.3 Å². The van der Waals surface area contributed by atoms with Gasteiger partial charge in [-0.3, -0.25) is 13.8 Å². The first-order valence-corrected chi connectivity index (χ1v) is 12.2. The van der Waals surface area contributed by atoms with E-state index in [0.717, 1.165) is 18.1 Å². The smallest absolute Gasteiger partial charge is 0.255 e. The summed E-state index contributed by atoms with van der Waals surface area (Å²) in [6.07, 6.45) is 2.73.